The van der Waals surface area contributed by atoms with Crippen molar-refractivity contribution >= 4 is 12.1 Å². The molecule has 17 heavy (non-hydrogen) atoms. The van der Waals surface area contributed by atoms with Gasteiger partial charge >= 0.3 is 64.2 Å². The predicted octanol–water partition coefficient (Wildman–Crippen LogP) is -0.446. The minimum Gasteiger partial charge on any atom is -0.615 e. The van der Waals surface area contributed by atoms with E-state index in [4.69, 9.17) is 9.84 Å². The van der Waals surface area contributed by atoms with Gasteiger partial charge in [-0.25, -0.2) is 0 Å². The number of amides is 1. The van der Waals surface area contributed by atoms with E-state index in [0.717, 1.165) is 25.7 Å². The average Bonchev–Trinajstić information content (AvgIpc) is 2.20. The fraction of sp³-hybridized carbons (Fsp3) is 0.818. The molecule has 1 aliphatic rings. The molecule has 0 aliphatic heterocycles. The van der Waals surface area contributed by atoms with Crippen LogP contribution in [0.3, 0.4) is 0 Å². The van der Waals surface area contributed by atoms with Crippen LogP contribution in [0, 0.1) is 5.92 Å². The number of rotatable bonds is 4. The number of hydrogen-bond donors (Lipinski definition) is 1. The molecule has 1 aliphatic carbocycles. The first-order valence-electron chi connectivity index (χ1n) is 5.71. The Morgan fingerprint density at radius 1 is 1.29 bits per heavy atom. The molecule has 1 N–H and O–H groups in total. The normalized spacial score (nSPS) is 23.4. The van der Waals surface area contributed by atoms with E-state index in [2.05, 4.69) is 5.32 Å². The summed E-state index contributed by atoms with van der Waals surface area (Å²) in [6, 6.07) is -0.0732. The maximum absolute atomic E-state index is 11.2. The standard InChI is InChI=1S/C11H18NO4.Rb/c1-2-16-10(13)7-8-3-5-9(6-4-8)12-11(14)15;/h8-9H,2-7H2,1H3,(H,14,15);/q-1;+1. The zero-order valence-corrected chi connectivity index (χ0v) is 15.4. The molecule has 1 fully saturated rings. The van der Waals surface area contributed by atoms with Gasteiger partial charge in [0.1, 0.15) is 0 Å². The molecule has 0 unspecified atom stereocenters. The van der Waals surface area contributed by atoms with Crippen LogP contribution >= 0.6 is 0 Å². The smallest absolute Gasteiger partial charge is 0.615 e. The first-order valence-corrected chi connectivity index (χ1v) is 5.71. The Balaban J connectivity index is 0.00000256. The molecule has 1 saturated carbocycles. The first-order chi connectivity index (χ1) is 7.61. The van der Waals surface area contributed by atoms with Gasteiger partial charge in [-0.3, -0.25) is 9.59 Å². The molecule has 0 aromatic heterocycles. The maximum Gasteiger partial charge on any atom is 1.00 e. The van der Waals surface area contributed by atoms with E-state index >= 15 is 0 Å². The van der Waals surface area contributed by atoms with Crippen LogP contribution in [0.5, 0.6) is 0 Å². The Hall–Kier alpha value is 0.545. The van der Waals surface area contributed by atoms with E-state index in [0.29, 0.717) is 18.9 Å². The summed E-state index contributed by atoms with van der Waals surface area (Å²) in [4.78, 5) is 21.6. The summed E-state index contributed by atoms with van der Waals surface area (Å²) in [7, 11) is 0. The summed E-state index contributed by atoms with van der Waals surface area (Å²) in [5.74, 6) is 0.181. The van der Waals surface area contributed by atoms with Crippen molar-refractivity contribution in [3.63, 3.8) is 0 Å². The average molecular weight is 314 g/mol. The van der Waals surface area contributed by atoms with Crippen molar-refractivity contribution in [2.75, 3.05) is 6.61 Å². The van der Waals surface area contributed by atoms with Gasteiger partial charge in [-0.15, -0.1) is 6.04 Å². The summed E-state index contributed by atoms with van der Waals surface area (Å²) < 4.78 is 4.88. The van der Waals surface area contributed by atoms with Crippen LogP contribution in [0.15, 0.2) is 0 Å². The van der Waals surface area contributed by atoms with Gasteiger partial charge in [0.05, 0.1) is 6.61 Å². The first kappa shape index (κ1) is 17.5. The second-order valence-electron chi connectivity index (χ2n) is 4.10. The number of ether oxygens (including phenoxy) is 1. The quantitative estimate of drug-likeness (QED) is 0.713. The van der Waals surface area contributed by atoms with E-state index in [1.807, 2.05) is 0 Å². The van der Waals surface area contributed by atoms with Gasteiger partial charge in [0.2, 0.25) is 6.09 Å². The van der Waals surface area contributed by atoms with Crippen LogP contribution < -0.4 is 58.2 Å². The number of hydrogen-bond acceptors (Lipinski definition) is 3. The van der Waals surface area contributed by atoms with Crippen LogP contribution in [-0.4, -0.2) is 29.8 Å². The van der Waals surface area contributed by atoms with Crippen LogP contribution in [0.1, 0.15) is 39.0 Å². The van der Waals surface area contributed by atoms with Crippen molar-refractivity contribution in [2.45, 2.75) is 45.1 Å². The van der Waals surface area contributed by atoms with Gasteiger partial charge in [-0.05, 0) is 12.8 Å². The van der Waals surface area contributed by atoms with Gasteiger partial charge < -0.3 is 15.2 Å². The number of esters is 1. The third-order valence-electron chi connectivity index (χ3n) is 2.87. The summed E-state index contributed by atoms with van der Waals surface area (Å²) >= 11 is 0. The molecule has 0 aromatic rings. The van der Waals surface area contributed by atoms with Crippen molar-refractivity contribution in [2.24, 2.45) is 5.92 Å². The molecule has 0 spiro atoms. The molecule has 0 radical (unpaired) electrons. The number of carbonyl (C=O) groups excluding carboxylic acids is 1. The minimum absolute atomic E-state index is 0. The van der Waals surface area contributed by atoms with Crippen molar-refractivity contribution in [1.82, 2.24) is 0 Å². The third kappa shape index (κ3) is 7.54. The Labute approximate surface area is 150 Å². The molecular formula is C11H18NO4Rb. The number of carbonyl (C=O) groups is 2. The van der Waals surface area contributed by atoms with E-state index in [9.17, 15) is 9.59 Å². The summed E-state index contributed by atoms with van der Waals surface area (Å²) in [5.41, 5.74) is 0. The predicted molar refractivity (Wildman–Crippen MR) is 58.4 cm³/mol. The second kappa shape index (κ2) is 9.47. The fourth-order valence-corrected chi connectivity index (χ4v) is 2.09. The van der Waals surface area contributed by atoms with Gasteiger partial charge in [0, 0.05) is 6.42 Å². The molecule has 0 aromatic carbocycles. The molecule has 0 bridgehead atoms. The molecule has 1 rings (SSSR count). The van der Waals surface area contributed by atoms with Crippen molar-refractivity contribution in [3.05, 3.63) is 5.32 Å². The van der Waals surface area contributed by atoms with E-state index in [1.54, 1.807) is 6.92 Å². The zero-order valence-electron chi connectivity index (χ0n) is 10.5. The number of nitrogens with zero attached hydrogens (tertiary/aromatic N) is 1. The molecule has 6 heteroatoms. The molecule has 0 heterocycles. The van der Waals surface area contributed by atoms with Crippen molar-refractivity contribution in [3.8, 4) is 0 Å². The topological polar surface area (TPSA) is 77.7 Å². The molecule has 5 nitrogen and oxygen atoms in total. The second-order valence-corrected chi connectivity index (χ2v) is 4.10. The maximum atomic E-state index is 11.2. The largest absolute Gasteiger partial charge is 1.00 e. The van der Waals surface area contributed by atoms with Gasteiger partial charge in [-0.1, -0.05) is 25.7 Å². The Bertz CT molecular complexity index is 252. The Morgan fingerprint density at radius 3 is 2.35 bits per heavy atom. The summed E-state index contributed by atoms with van der Waals surface area (Å²) in [6.45, 7) is 2.21. The molecule has 1 amide bonds. The van der Waals surface area contributed by atoms with E-state index in [-0.39, 0.29) is 70.2 Å². The third-order valence-corrected chi connectivity index (χ3v) is 2.87. The fourth-order valence-electron chi connectivity index (χ4n) is 2.09. The van der Waals surface area contributed by atoms with E-state index < -0.39 is 6.09 Å². The Morgan fingerprint density at radius 2 is 1.88 bits per heavy atom. The Kier molecular flexibility index (Phi) is 9.78. The molecule has 0 atom stereocenters. The number of carboxylic acid groups (broad SMARTS) is 1. The van der Waals surface area contributed by atoms with Crippen molar-refractivity contribution in [1.29, 1.82) is 0 Å². The van der Waals surface area contributed by atoms with Crippen LogP contribution in [0.25, 0.3) is 5.32 Å². The van der Waals surface area contributed by atoms with Crippen LogP contribution in [-0.2, 0) is 9.53 Å². The minimum atomic E-state index is -1.09. The van der Waals surface area contributed by atoms with E-state index in [1.165, 1.54) is 0 Å². The van der Waals surface area contributed by atoms with Crippen LogP contribution in [0.4, 0.5) is 4.79 Å². The summed E-state index contributed by atoms with van der Waals surface area (Å²) in [6.07, 6.45) is 2.61. The zero-order chi connectivity index (χ0) is 12.0. The molecule has 92 valence electrons. The van der Waals surface area contributed by atoms with Crippen molar-refractivity contribution < 1.29 is 77.6 Å². The monoisotopic (exact) mass is 313 g/mol. The molecule has 0 saturated heterocycles. The van der Waals surface area contributed by atoms with Gasteiger partial charge in [0.25, 0.3) is 0 Å². The van der Waals surface area contributed by atoms with Gasteiger partial charge in [0.15, 0.2) is 0 Å². The molecular weight excluding hydrogens is 296 g/mol. The summed E-state index contributed by atoms with van der Waals surface area (Å²) in [5, 5.41) is 12.1. The van der Waals surface area contributed by atoms with Crippen LogP contribution in [0.2, 0.25) is 0 Å². The SMILES string of the molecule is CCOC(=O)CC1CCC([N-]C(=O)O)CC1.[Rb+]. The van der Waals surface area contributed by atoms with Gasteiger partial charge in [-0.2, -0.15) is 0 Å².